The van der Waals surface area contributed by atoms with E-state index >= 15 is 0 Å². The van der Waals surface area contributed by atoms with Gasteiger partial charge in [0.2, 0.25) is 0 Å². The molecule has 2 amide bonds. The average molecular weight is 475 g/mol. The van der Waals surface area contributed by atoms with E-state index in [0.29, 0.717) is 17.5 Å². The van der Waals surface area contributed by atoms with Gasteiger partial charge in [0.25, 0.3) is 5.91 Å². The third-order valence-electron chi connectivity index (χ3n) is 5.92. The zero-order valence-corrected chi connectivity index (χ0v) is 19.3. The second-order valence-corrected chi connectivity index (χ2v) is 8.13. The van der Waals surface area contributed by atoms with E-state index < -0.39 is 24.6 Å². The number of nitrogens with one attached hydrogen (secondary N) is 1. The minimum atomic E-state index is -1.18. The van der Waals surface area contributed by atoms with Crippen molar-refractivity contribution in [2.75, 3.05) is 26.8 Å². The molecule has 0 aliphatic heterocycles. The van der Waals surface area contributed by atoms with Crippen molar-refractivity contribution in [3.63, 3.8) is 0 Å². The van der Waals surface area contributed by atoms with Gasteiger partial charge in [-0.3, -0.25) is 9.63 Å². The summed E-state index contributed by atoms with van der Waals surface area (Å²) in [6, 6.07) is 23.2. The molecule has 0 saturated heterocycles. The van der Waals surface area contributed by atoms with Crippen LogP contribution in [0.2, 0.25) is 0 Å². The van der Waals surface area contributed by atoms with Crippen molar-refractivity contribution >= 4 is 18.0 Å². The first kappa shape index (κ1) is 24.0. The van der Waals surface area contributed by atoms with Crippen LogP contribution in [-0.4, -0.2) is 54.9 Å². The molecule has 8 nitrogen and oxygen atoms in total. The van der Waals surface area contributed by atoms with Gasteiger partial charge in [-0.2, -0.15) is 0 Å². The Balaban J connectivity index is 1.32. The number of benzene rings is 3. The fraction of sp³-hybridized carbons (Fsp3) is 0.222. The van der Waals surface area contributed by atoms with Crippen molar-refractivity contribution in [2.45, 2.75) is 12.3 Å². The van der Waals surface area contributed by atoms with Crippen molar-refractivity contribution in [1.82, 2.24) is 10.4 Å². The molecule has 0 aromatic heterocycles. The number of hydroxylamine groups is 2. The summed E-state index contributed by atoms with van der Waals surface area (Å²) < 4.78 is 5.55. The fourth-order valence-electron chi connectivity index (χ4n) is 4.28. The quantitative estimate of drug-likeness (QED) is 0.457. The molecule has 3 aromatic rings. The highest BCUT2D eigenvalue weighted by atomic mass is 16.7. The Morgan fingerprint density at radius 3 is 2.17 bits per heavy atom. The standard InChI is InChI=1S/C27H26N2O6/c1-29(35-17-25(30)31)26(32)19-9-3-2-8-18(19)14-15-28-27(33)34-16-24-22-12-6-4-10-20(22)21-11-5-7-13-23(21)24/h2-13,24H,14-17H2,1H3,(H,28,33)(H,30,31). The maximum atomic E-state index is 12.6. The zero-order chi connectivity index (χ0) is 24.8. The topological polar surface area (TPSA) is 105 Å². The summed E-state index contributed by atoms with van der Waals surface area (Å²) in [4.78, 5) is 40.6. The minimum absolute atomic E-state index is 0.0205. The number of rotatable bonds is 9. The maximum absolute atomic E-state index is 12.6. The molecule has 0 saturated carbocycles. The van der Waals surface area contributed by atoms with Gasteiger partial charge in [0.15, 0.2) is 6.61 Å². The van der Waals surface area contributed by atoms with Gasteiger partial charge in [-0.05, 0) is 40.3 Å². The lowest BCUT2D eigenvalue weighted by Gasteiger charge is -2.18. The van der Waals surface area contributed by atoms with E-state index in [4.69, 9.17) is 14.7 Å². The number of aliphatic carboxylic acids is 1. The number of carboxylic acids is 1. The van der Waals surface area contributed by atoms with Gasteiger partial charge >= 0.3 is 12.1 Å². The van der Waals surface area contributed by atoms with Crippen LogP contribution >= 0.6 is 0 Å². The van der Waals surface area contributed by atoms with E-state index in [9.17, 15) is 14.4 Å². The van der Waals surface area contributed by atoms with E-state index in [1.54, 1.807) is 24.3 Å². The summed E-state index contributed by atoms with van der Waals surface area (Å²) in [6.07, 6.45) is -0.142. The monoisotopic (exact) mass is 474 g/mol. The molecule has 8 heteroatoms. The van der Waals surface area contributed by atoms with Gasteiger partial charge < -0.3 is 15.2 Å². The number of fused-ring (bicyclic) bond motifs is 3. The molecule has 0 radical (unpaired) electrons. The largest absolute Gasteiger partial charge is 0.479 e. The molecule has 1 aliphatic rings. The second kappa shape index (κ2) is 10.8. The number of hydrogen-bond donors (Lipinski definition) is 2. The minimum Gasteiger partial charge on any atom is -0.479 e. The van der Waals surface area contributed by atoms with Crippen molar-refractivity contribution in [3.05, 3.63) is 95.1 Å². The van der Waals surface area contributed by atoms with Crippen LogP contribution < -0.4 is 5.32 Å². The molecule has 2 N–H and O–H groups in total. The molecular weight excluding hydrogens is 448 g/mol. The van der Waals surface area contributed by atoms with Gasteiger partial charge in [-0.1, -0.05) is 66.7 Å². The number of ether oxygens (including phenoxy) is 1. The third-order valence-corrected chi connectivity index (χ3v) is 5.92. The number of carbonyl (C=O) groups is 3. The average Bonchev–Trinajstić information content (AvgIpc) is 3.19. The normalized spacial score (nSPS) is 11.9. The Hall–Kier alpha value is -4.17. The fourth-order valence-corrected chi connectivity index (χ4v) is 4.28. The zero-order valence-electron chi connectivity index (χ0n) is 19.3. The van der Waals surface area contributed by atoms with Crippen LogP contribution in [0, 0.1) is 0 Å². The van der Waals surface area contributed by atoms with Crippen LogP contribution in [-0.2, 0) is 20.8 Å². The molecule has 0 spiro atoms. The highest BCUT2D eigenvalue weighted by Gasteiger charge is 2.29. The Bertz CT molecular complexity index is 1200. The smallest absolute Gasteiger partial charge is 0.407 e. The molecule has 180 valence electrons. The van der Waals surface area contributed by atoms with Gasteiger partial charge in [0.05, 0.1) is 0 Å². The van der Waals surface area contributed by atoms with Gasteiger partial charge in [0, 0.05) is 25.1 Å². The molecule has 3 aromatic carbocycles. The van der Waals surface area contributed by atoms with Crippen LogP contribution in [0.5, 0.6) is 0 Å². The first-order valence-corrected chi connectivity index (χ1v) is 11.2. The Kier molecular flexibility index (Phi) is 7.42. The SMILES string of the molecule is CN(OCC(=O)O)C(=O)c1ccccc1CCNC(=O)OCC1c2ccccc2-c2ccccc21. The Labute approximate surface area is 203 Å². The molecule has 0 bridgehead atoms. The van der Waals surface area contributed by atoms with E-state index in [1.807, 2.05) is 24.3 Å². The lowest BCUT2D eigenvalue weighted by atomic mass is 9.98. The van der Waals surface area contributed by atoms with Crippen LogP contribution in [0.1, 0.15) is 33.0 Å². The summed E-state index contributed by atoms with van der Waals surface area (Å²) in [6.45, 7) is -0.130. The molecular formula is C27H26N2O6. The molecule has 0 atom stereocenters. The van der Waals surface area contributed by atoms with Crippen LogP contribution in [0.25, 0.3) is 11.1 Å². The first-order chi connectivity index (χ1) is 17.0. The van der Waals surface area contributed by atoms with E-state index in [2.05, 4.69) is 29.6 Å². The van der Waals surface area contributed by atoms with Crippen molar-refractivity contribution < 1.29 is 29.1 Å². The number of carboxylic acid groups (broad SMARTS) is 1. The number of alkyl carbamates (subject to hydrolysis) is 1. The van der Waals surface area contributed by atoms with Gasteiger partial charge in [-0.15, -0.1) is 0 Å². The highest BCUT2D eigenvalue weighted by Crippen LogP contribution is 2.44. The lowest BCUT2D eigenvalue weighted by Crippen LogP contribution is -2.31. The number of nitrogens with zero attached hydrogens (tertiary/aromatic N) is 1. The van der Waals surface area contributed by atoms with Gasteiger partial charge in [-0.25, -0.2) is 14.7 Å². The summed E-state index contributed by atoms with van der Waals surface area (Å²) in [5, 5.41) is 12.4. The van der Waals surface area contributed by atoms with Crippen molar-refractivity contribution in [2.24, 2.45) is 0 Å². The van der Waals surface area contributed by atoms with E-state index in [-0.39, 0.29) is 19.1 Å². The predicted molar refractivity (Wildman–Crippen MR) is 129 cm³/mol. The van der Waals surface area contributed by atoms with Gasteiger partial charge in [0.1, 0.15) is 6.61 Å². The number of hydrogen-bond acceptors (Lipinski definition) is 5. The summed E-state index contributed by atoms with van der Waals surface area (Å²) in [7, 11) is 1.36. The van der Waals surface area contributed by atoms with Crippen LogP contribution in [0.4, 0.5) is 4.79 Å². The van der Waals surface area contributed by atoms with E-state index in [1.165, 1.54) is 7.05 Å². The molecule has 0 heterocycles. The predicted octanol–water partition coefficient (Wildman–Crippen LogP) is 3.86. The van der Waals surface area contributed by atoms with Crippen molar-refractivity contribution in [3.8, 4) is 11.1 Å². The van der Waals surface area contributed by atoms with Crippen molar-refractivity contribution in [1.29, 1.82) is 0 Å². The summed E-state index contributed by atoms with van der Waals surface area (Å²) in [5.41, 5.74) is 5.68. The second-order valence-electron chi connectivity index (χ2n) is 8.13. The van der Waals surface area contributed by atoms with Crippen LogP contribution in [0.15, 0.2) is 72.8 Å². The third kappa shape index (κ3) is 5.50. The van der Waals surface area contributed by atoms with Crippen LogP contribution in [0.3, 0.4) is 0 Å². The first-order valence-electron chi connectivity index (χ1n) is 11.2. The Morgan fingerprint density at radius 2 is 1.51 bits per heavy atom. The number of amides is 2. The molecule has 1 aliphatic carbocycles. The molecule has 4 rings (SSSR count). The molecule has 0 unspecified atom stereocenters. The lowest BCUT2D eigenvalue weighted by molar-refractivity contribution is -0.159. The van der Waals surface area contributed by atoms with E-state index in [0.717, 1.165) is 27.3 Å². The highest BCUT2D eigenvalue weighted by molar-refractivity contribution is 5.95. The molecule has 0 fully saturated rings. The Morgan fingerprint density at radius 1 is 0.914 bits per heavy atom. The summed E-state index contributed by atoms with van der Waals surface area (Å²) >= 11 is 0. The number of carbonyl (C=O) groups excluding carboxylic acids is 2. The summed E-state index contributed by atoms with van der Waals surface area (Å²) in [5.74, 6) is -1.67. The maximum Gasteiger partial charge on any atom is 0.407 e. The molecule has 35 heavy (non-hydrogen) atoms.